The Labute approximate surface area is 125 Å². The number of carbonyl (C=O) groups excluding carboxylic acids is 2. The van der Waals surface area contributed by atoms with Crippen molar-refractivity contribution in [3.8, 4) is 0 Å². The van der Waals surface area contributed by atoms with Gasteiger partial charge in [-0.3, -0.25) is 9.59 Å². The van der Waals surface area contributed by atoms with E-state index in [9.17, 15) is 9.59 Å². The van der Waals surface area contributed by atoms with E-state index < -0.39 is 5.60 Å². The van der Waals surface area contributed by atoms with Gasteiger partial charge in [-0.1, -0.05) is 31.9 Å². The molecule has 0 bridgehead atoms. The summed E-state index contributed by atoms with van der Waals surface area (Å²) in [6.45, 7) is 4.18. The molecular formula is C18H22O3. The van der Waals surface area contributed by atoms with Gasteiger partial charge in [-0.15, -0.1) is 0 Å². The highest BCUT2D eigenvalue weighted by atomic mass is 16.5. The summed E-state index contributed by atoms with van der Waals surface area (Å²) >= 11 is 0. The summed E-state index contributed by atoms with van der Waals surface area (Å²) < 4.78 is 6.00. The molecule has 3 aliphatic carbocycles. The van der Waals surface area contributed by atoms with Gasteiger partial charge in [-0.2, -0.15) is 0 Å². The van der Waals surface area contributed by atoms with Crippen molar-refractivity contribution >= 4 is 11.6 Å². The minimum absolute atomic E-state index is 0.0647. The fourth-order valence-electron chi connectivity index (χ4n) is 5.48. The van der Waals surface area contributed by atoms with Gasteiger partial charge in [0.05, 0.1) is 6.26 Å². The maximum Gasteiger partial charge on any atom is 0.186 e. The van der Waals surface area contributed by atoms with Crippen LogP contribution in [0.2, 0.25) is 0 Å². The van der Waals surface area contributed by atoms with E-state index in [2.05, 4.69) is 13.0 Å². The fourth-order valence-corrected chi connectivity index (χ4v) is 5.48. The van der Waals surface area contributed by atoms with Crippen LogP contribution in [0.4, 0.5) is 0 Å². The van der Waals surface area contributed by atoms with Crippen molar-refractivity contribution in [3.63, 3.8) is 0 Å². The first kappa shape index (κ1) is 13.3. The van der Waals surface area contributed by atoms with E-state index in [1.54, 1.807) is 6.26 Å². The summed E-state index contributed by atoms with van der Waals surface area (Å²) in [4.78, 5) is 25.2. The standard InChI is InChI=1S/C18H22O3/c1-3-4-5-12-10-17-11(2)15(19)8-13(17)9-16(20)18(17)14(12)6-7-21-18/h6-7,10-11,13-14H,3-5,8-9H2,1-2H3/t11-,13+,14+,17+,18-/m1/s1. The molecule has 3 nitrogen and oxygen atoms in total. The predicted octanol–water partition coefficient (Wildman–Crippen LogP) is 3.20. The number of ether oxygens (including phenoxy) is 1. The lowest BCUT2D eigenvalue weighted by Crippen LogP contribution is -2.52. The number of carbonyl (C=O) groups is 2. The molecule has 0 aromatic carbocycles. The number of ketones is 2. The molecule has 0 unspecified atom stereocenters. The van der Waals surface area contributed by atoms with Gasteiger partial charge in [0.15, 0.2) is 11.4 Å². The number of hydrogen-bond donors (Lipinski definition) is 0. The Morgan fingerprint density at radius 1 is 1.33 bits per heavy atom. The van der Waals surface area contributed by atoms with Gasteiger partial charge in [-0.25, -0.2) is 0 Å². The zero-order valence-corrected chi connectivity index (χ0v) is 12.7. The predicted molar refractivity (Wildman–Crippen MR) is 78.4 cm³/mol. The molecule has 0 N–H and O–H groups in total. The quantitative estimate of drug-likeness (QED) is 0.748. The summed E-state index contributed by atoms with van der Waals surface area (Å²) in [5.74, 6) is 0.623. The average Bonchev–Trinajstić information content (AvgIpc) is 3.11. The minimum Gasteiger partial charge on any atom is -0.485 e. The summed E-state index contributed by atoms with van der Waals surface area (Å²) in [6.07, 6.45) is 10.4. The molecule has 112 valence electrons. The summed E-state index contributed by atoms with van der Waals surface area (Å²) in [6, 6.07) is 0. The van der Waals surface area contributed by atoms with Crippen molar-refractivity contribution in [3.05, 3.63) is 24.0 Å². The molecule has 2 spiro atoms. The monoisotopic (exact) mass is 286 g/mol. The second-order valence-corrected chi connectivity index (χ2v) is 7.13. The topological polar surface area (TPSA) is 43.4 Å². The van der Waals surface area contributed by atoms with Gasteiger partial charge >= 0.3 is 0 Å². The van der Waals surface area contributed by atoms with Crippen LogP contribution in [0.1, 0.15) is 46.0 Å². The number of unbranched alkanes of at least 4 members (excludes halogenated alkanes) is 1. The molecule has 0 aromatic heterocycles. The van der Waals surface area contributed by atoms with E-state index in [0.29, 0.717) is 18.6 Å². The molecule has 5 atom stereocenters. The largest absolute Gasteiger partial charge is 0.485 e. The Balaban J connectivity index is 1.87. The van der Waals surface area contributed by atoms with E-state index >= 15 is 0 Å². The molecule has 0 aromatic rings. The third-order valence-electron chi connectivity index (χ3n) is 6.42. The van der Waals surface area contributed by atoms with Gasteiger partial charge in [-0.05, 0) is 24.8 Å². The van der Waals surface area contributed by atoms with Crippen LogP contribution in [-0.4, -0.2) is 17.2 Å². The Morgan fingerprint density at radius 3 is 2.90 bits per heavy atom. The zero-order valence-electron chi connectivity index (χ0n) is 12.7. The van der Waals surface area contributed by atoms with E-state index in [1.165, 1.54) is 5.57 Å². The molecule has 1 aliphatic heterocycles. The fraction of sp³-hybridized carbons (Fsp3) is 0.667. The van der Waals surface area contributed by atoms with Crippen molar-refractivity contribution in [2.75, 3.05) is 0 Å². The van der Waals surface area contributed by atoms with Crippen LogP contribution in [0.25, 0.3) is 0 Å². The molecular weight excluding hydrogens is 264 g/mol. The molecule has 3 heteroatoms. The van der Waals surface area contributed by atoms with Crippen molar-refractivity contribution in [1.29, 1.82) is 0 Å². The summed E-state index contributed by atoms with van der Waals surface area (Å²) in [7, 11) is 0. The average molecular weight is 286 g/mol. The maximum absolute atomic E-state index is 12.8. The van der Waals surface area contributed by atoms with Gasteiger partial charge < -0.3 is 4.74 Å². The van der Waals surface area contributed by atoms with Crippen molar-refractivity contribution in [1.82, 2.24) is 0 Å². The molecule has 0 saturated heterocycles. The lowest BCUT2D eigenvalue weighted by molar-refractivity contribution is -0.145. The molecule has 2 fully saturated rings. The molecule has 4 rings (SSSR count). The summed E-state index contributed by atoms with van der Waals surface area (Å²) in [5, 5.41) is 0. The second kappa shape index (κ2) is 4.08. The third kappa shape index (κ3) is 1.27. The minimum atomic E-state index is -0.785. The van der Waals surface area contributed by atoms with Gasteiger partial charge in [0.25, 0.3) is 0 Å². The highest BCUT2D eigenvalue weighted by Crippen LogP contribution is 2.70. The Hall–Kier alpha value is -1.38. The maximum atomic E-state index is 12.8. The van der Waals surface area contributed by atoms with E-state index in [1.807, 2.05) is 13.0 Å². The molecule has 0 amide bonds. The number of rotatable bonds is 3. The van der Waals surface area contributed by atoms with Crippen LogP contribution in [0.15, 0.2) is 24.0 Å². The van der Waals surface area contributed by atoms with E-state index in [-0.39, 0.29) is 29.0 Å². The lowest BCUT2D eigenvalue weighted by atomic mass is 9.66. The van der Waals surface area contributed by atoms with Crippen LogP contribution >= 0.6 is 0 Å². The van der Waals surface area contributed by atoms with Gasteiger partial charge in [0.2, 0.25) is 0 Å². The van der Waals surface area contributed by atoms with Gasteiger partial charge in [0, 0.05) is 30.1 Å². The summed E-state index contributed by atoms with van der Waals surface area (Å²) in [5.41, 5.74) is 0.162. The first-order chi connectivity index (χ1) is 10.1. The van der Waals surface area contributed by atoms with Crippen LogP contribution in [-0.2, 0) is 14.3 Å². The first-order valence-electron chi connectivity index (χ1n) is 8.20. The van der Waals surface area contributed by atoms with Gasteiger partial charge in [0.1, 0.15) is 5.78 Å². The molecule has 1 heterocycles. The highest BCUT2D eigenvalue weighted by Gasteiger charge is 2.77. The smallest absolute Gasteiger partial charge is 0.186 e. The Morgan fingerprint density at radius 2 is 2.14 bits per heavy atom. The van der Waals surface area contributed by atoms with Crippen LogP contribution in [0.5, 0.6) is 0 Å². The van der Waals surface area contributed by atoms with Crippen LogP contribution < -0.4 is 0 Å². The molecule has 0 radical (unpaired) electrons. The second-order valence-electron chi connectivity index (χ2n) is 7.13. The molecule has 21 heavy (non-hydrogen) atoms. The van der Waals surface area contributed by atoms with Crippen LogP contribution in [0, 0.1) is 23.2 Å². The van der Waals surface area contributed by atoms with Crippen molar-refractivity contribution in [2.24, 2.45) is 23.2 Å². The zero-order chi connectivity index (χ0) is 14.8. The normalized spacial score (nSPS) is 46.4. The number of hydrogen-bond acceptors (Lipinski definition) is 3. The Kier molecular flexibility index (Phi) is 2.59. The first-order valence-corrected chi connectivity index (χ1v) is 8.20. The third-order valence-corrected chi connectivity index (χ3v) is 6.42. The van der Waals surface area contributed by atoms with E-state index in [0.717, 1.165) is 19.3 Å². The van der Waals surface area contributed by atoms with Crippen molar-refractivity contribution in [2.45, 2.75) is 51.6 Å². The van der Waals surface area contributed by atoms with Crippen molar-refractivity contribution < 1.29 is 14.3 Å². The highest BCUT2D eigenvalue weighted by molar-refractivity contribution is 6.00. The molecule has 4 aliphatic rings. The molecule has 2 saturated carbocycles. The van der Waals surface area contributed by atoms with Crippen LogP contribution in [0.3, 0.4) is 0 Å². The number of Topliss-reactive ketones (excluding diaryl/α,β-unsaturated/α-hetero) is 2. The lowest BCUT2D eigenvalue weighted by Gasteiger charge is -2.40. The Bertz CT molecular complexity index is 587. The van der Waals surface area contributed by atoms with E-state index in [4.69, 9.17) is 4.74 Å². The SMILES string of the molecule is CCCCC1=C[C@@]23[C@@H](CC(=O)[C@H]2C)CC(=O)[C@@]32OC=C[C@@H]12.